The third kappa shape index (κ3) is 6.95. The number of ketones is 1. The molecular weight excluding hydrogens is 467 g/mol. The molecule has 1 aromatic carbocycles. The third-order valence-corrected chi connectivity index (χ3v) is 5.94. The molecule has 1 heterocycles. The first-order valence-electron chi connectivity index (χ1n) is 11.4. The Hall–Kier alpha value is -3.11. The summed E-state index contributed by atoms with van der Waals surface area (Å²) in [5, 5.41) is 4.89. The molecular formula is C24H32F3N3O5. The van der Waals surface area contributed by atoms with E-state index in [0.29, 0.717) is 17.7 Å². The second-order valence-electron chi connectivity index (χ2n) is 9.21. The zero-order chi connectivity index (χ0) is 26.5. The number of benzene rings is 1. The van der Waals surface area contributed by atoms with Crippen molar-refractivity contribution in [3.63, 3.8) is 0 Å². The van der Waals surface area contributed by atoms with E-state index in [-0.39, 0.29) is 18.9 Å². The molecule has 194 valence electrons. The number of likely N-dealkylation sites (tertiary alicyclic amines) is 1. The summed E-state index contributed by atoms with van der Waals surface area (Å²) in [5.74, 6) is -4.43. The van der Waals surface area contributed by atoms with E-state index < -0.39 is 53.7 Å². The van der Waals surface area contributed by atoms with E-state index in [1.54, 1.807) is 38.1 Å². The average molecular weight is 500 g/mol. The van der Waals surface area contributed by atoms with Crippen LogP contribution in [0, 0.1) is 11.8 Å². The molecule has 0 aromatic heterocycles. The molecule has 2 N–H and O–H groups in total. The molecule has 1 aromatic rings. The van der Waals surface area contributed by atoms with Crippen LogP contribution >= 0.6 is 0 Å². The van der Waals surface area contributed by atoms with E-state index in [2.05, 4.69) is 10.6 Å². The summed E-state index contributed by atoms with van der Waals surface area (Å²) in [6, 6.07) is 2.55. The van der Waals surface area contributed by atoms with Crippen LogP contribution in [0.1, 0.15) is 50.9 Å². The van der Waals surface area contributed by atoms with Gasteiger partial charge in [0, 0.05) is 12.1 Å². The molecule has 1 fully saturated rings. The summed E-state index contributed by atoms with van der Waals surface area (Å²) in [6.07, 6.45) is -4.40. The minimum absolute atomic E-state index is 0.206. The number of hydrogen-bond acceptors (Lipinski definition) is 5. The van der Waals surface area contributed by atoms with Crippen molar-refractivity contribution in [2.24, 2.45) is 11.8 Å². The van der Waals surface area contributed by atoms with Gasteiger partial charge >= 0.3 is 6.18 Å². The van der Waals surface area contributed by atoms with Crippen LogP contribution < -0.4 is 15.4 Å². The maximum absolute atomic E-state index is 13.3. The van der Waals surface area contributed by atoms with Crippen molar-refractivity contribution in [1.82, 2.24) is 15.5 Å². The summed E-state index contributed by atoms with van der Waals surface area (Å²) in [4.78, 5) is 52.0. The summed E-state index contributed by atoms with van der Waals surface area (Å²) >= 11 is 0. The first-order chi connectivity index (χ1) is 16.3. The van der Waals surface area contributed by atoms with Gasteiger partial charge < -0.3 is 20.3 Å². The molecule has 0 bridgehead atoms. The molecule has 1 aliphatic heterocycles. The van der Waals surface area contributed by atoms with Gasteiger partial charge in [-0.05, 0) is 48.9 Å². The molecule has 8 nitrogen and oxygen atoms in total. The maximum Gasteiger partial charge on any atom is 0.452 e. The Morgan fingerprint density at radius 1 is 0.971 bits per heavy atom. The number of rotatable bonds is 9. The molecule has 2 unspecified atom stereocenters. The van der Waals surface area contributed by atoms with Crippen LogP contribution in [-0.4, -0.2) is 66.4 Å². The summed E-state index contributed by atoms with van der Waals surface area (Å²) < 4.78 is 44.0. The van der Waals surface area contributed by atoms with Crippen molar-refractivity contribution < 1.29 is 37.1 Å². The number of carbonyl (C=O) groups excluding carboxylic acids is 4. The largest absolute Gasteiger partial charge is 0.497 e. The normalized spacial score (nSPS) is 17.8. The second kappa shape index (κ2) is 11.5. The fourth-order valence-corrected chi connectivity index (χ4v) is 3.92. The van der Waals surface area contributed by atoms with Crippen LogP contribution in [0.25, 0.3) is 0 Å². The van der Waals surface area contributed by atoms with Gasteiger partial charge in [-0.3, -0.25) is 19.2 Å². The van der Waals surface area contributed by atoms with Crippen LogP contribution in [0.5, 0.6) is 5.75 Å². The van der Waals surface area contributed by atoms with E-state index >= 15 is 0 Å². The lowest BCUT2D eigenvalue weighted by Gasteiger charge is -2.32. The zero-order valence-electron chi connectivity index (χ0n) is 20.4. The Morgan fingerprint density at radius 3 is 2.03 bits per heavy atom. The standard InChI is InChI=1S/C24H32F3N3O5/c1-13(2)18(20(31)24(25,26)27)28-22(33)17-7-6-12-30(17)23(34)19(14(3)4)29-21(32)15-8-10-16(35-5)11-9-15/h8-11,13-14,17-19H,6-7,12H2,1-5H3,(H,28,33)(H,29,32)/t17-,18?,19?/m0/s1. The fraction of sp³-hybridized carbons (Fsp3) is 0.583. The number of hydrogen-bond donors (Lipinski definition) is 2. The van der Waals surface area contributed by atoms with Crippen molar-refractivity contribution in [2.75, 3.05) is 13.7 Å². The fourth-order valence-electron chi connectivity index (χ4n) is 3.92. The number of amides is 3. The Morgan fingerprint density at radius 2 is 1.54 bits per heavy atom. The lowest BCUT2D eigenvalue weighted by molar-refractivity contribution is -0.175. The van der Waals surface area contributed by atoms with E-state index in [9.17, 15) is 32.3 Å². The Labute approximate surface area is 202 Å². The number of alkyl halides is 3. The minimum Gasteiger partial charge on any atom is -0.497 e. The first kappa shape index (κ1) is 28.1. The number of halogens is 3. The van der Waals surface area contributed by atoms with Gasteiger partial charge in [0.15, 0.2) is 0 Å². The van der Waals surface area contributed by atoms with Crippen molar-refractivity contribution in [3.8, 4) is 5.75 Å². The van der Waals surface area contributed by atoms with Crippen LogP contribution in [0.3, 0.4) is 0 Å². The van der Waals surface area contributed by atoms with Gasteiger partial charge in [-0.1, -0.05) is 27.7 Å². The Bertz CT molecular complexity index is 931. The molecule has 1 saturated heterocycles. The lowest BCUT2D eigenvalue weighted by Crippen LogP contribution is -2.58. The van der Waals surface area contributed by atoms with Crippen molar-refractivity contribution in [2.45, 2.75) is 64.8 Å². The highest BCUT2D eigenvalue weighted by atomic mass is 19.4. The summed E-state index contributed by atoms with van der Waals surface area (Å²) in [7, 11) is 1.49. The van der Waals surface area contributed by atoms with Gasteiger partial charge in [0.1, 0.15) is 17.8 Å². The molecule has 11 heteroatoms. The van der Waals surface area contributed by atoms with Gasteiger partial charge in [0.2, 0.25) is 11.8 Å². The number of ether oxygens (including phenoxy) is 1. The SMILES string of the molecule is COc1ccc(C(=O)NC(C(=O)N2CCC[C@H]2C(=O)NC(C(=O)C(F)(F)F)C(C)C)C(C)C)cc1. The second-order valence-corrected chi connectivity index (χ2v) is 9.21. The Kier molecular flexibility index (Phi) is 9.28. The highest BCUT2D eigenvalue weighted by Gasteiger charge is 2.46. The quantitative estimate of drug-likeness (QED) is 0.544. The topological polar surface area (TPSA) is 105 Å². The van der Waals surface area contributed by atoms with Crippen molar-refractivity contribution in [3.05, 3.63) is 29.8 Å². The van der Waals surface area contributed by atoms with E-state index in [4.69, 9.17) is 4.74 Å². The number of nitrogens with one attached hydrogen (secondary N) is 2. The van der Waals surface area contributed by atoms with E-state index in [1.807, 2.05) is 0 Å². The Balaban J connectivity index is 2.17. The van der Waals surface area contributed by atoms with Crippen molar-refractivity contribution >= 4 is 23.5 Å². The van der Waals surface area contributed by atoms with Gasteiger partial charge in [-0.15, -0.1) is 0 Å². The number of carbonyl (C=O) groups is 4. The zero-order valence-corrected chi connectivity index (χ0v) is 20.4. The smallest absolute Gasteiger partial charge is 0.452 e. The minimum atomic E-state index is -5.10. The van der Waals surface area contributed by atoms with Crippen LogP contribution in [0.2, 0.25) is 0 Å². The maximum atomic E-state index is 13.3. The van der Waals surface area contributed by atoms with Crippen LogP contribution in [-0.2, 0) is 14.4 Å². The van der Waals surface area contributed by atoms with Crippen LogP contribution in [0.15, 0.2) is 24.3 Å². The summed E-state index contributed by atoms with van der Waals surface area (Å²) in [6.45, 7) is 6.47. The van der Waals surface area contributed by atoms with Crippen molar-refractivity contribution in [1.29, 1.82) is 0 Å². The van der Waals surface area contributed by atoms with Gasteiger partial charge in [-0.25, -0.2) is 0 Å². The lowest BCUT2D eigenvalue weighted by atomic mass is 9.98. The van der Waals surface area contributed by atoms with Gasteiger partial charge in [0.25, 0.3) is 11.7 Å². The monoisotopic (exact) mass is 499 g/mol. The average Bonchev–Trinajstić information content (AvgIpc) is 3.29. The molecule has 0 radical (unpaired) electrons. The molecule has 0 saturated carbocycles. The molecule has 2 rings (SSSR count). The molecule has 0 aliphatic carbocycles. The van der Waals surface area contributed by atoms with Gasteiger partial charge in [0.05, 0.1) is 13.2 Å². The summed E-state index contributed by atoms with van der Waals surface area (Å²) in [5.41, 5.74) is 0.311. The molecule has 1 aliphatic rings. The van der Waals surface area contributed by atoms with E-state index in [1.165, 1.54) is 25.9 Å². The first-order valence-corrected chi connectivity index (χ1v) is 11.4. The molecule has 3 atom stereocenters. The third-order valence-electron chi connectivity index (χ3n) is 5.94. The molecule has 3 amide bonds. The van der Waals surface area contributed by atoms with Crippen LogP contribution in [0.4, 0.5) is 13.2 Å². The highest BCUT2D eigenvalue weighted by molar-refractivity contribution is 5.99. The molecule has 35 heavy (non-hydrogen) atoms. The number of methoxy groups -OCH3 is 1. The molecule has 0 spiro atoms. The predicted octanol–water partition coefficient (Wildman–Crippen LogP) is 2.71. The van der Waals surface area contributed by atoms with E-state index in [0.717, 1.165) is 0 Å². The predicted molar refractivity (Wildman–Crippen MR) is 122 cm³/mol. The number of Topliss-reactive ketones (excluding diaryl/α,β-unsaturated/α-hetero) is 1. The number of nitrogens with zero attached hydrogens (tertiary/aromatic N) is 1. The van der Waals surface area contributed by atoms with Gasteiger partial charge in [-0.2, -0.15) is 13.2 Å². The highest BCUT2D eigenvalue weighted by Crippen LogP contribution is 2.24.